The van der Waals surface area contributed by atoms with Crippen molar-refractivity contribution < 1.29 is 13.2 Å². The van der Waals surface area contributed by atoms with Gasteiger partial charge in [-0.25, -0.2) is 9.97 Å². The van der Waals surface area contributed by atoms with Crippen LogP contribution in [0.15, 0.2) is 24.8 Å². The fourth-order valence-electron chi connectivity index (χ4n) is 1.67. The van der Waals surface area contributed by atoms with Gasteiger partial charge in [0.15, 0.2) is 0 Å². The van der Waals surface area contributed by atoms with Crippen LogP contribution >= 0.6 is 0 Å². The summed E-state index contributed by atoms with van der Waals surface area (Å²) >= 11 is 0. The molecule has 0 bridgehead atoms. The SMILES string of the molecule is Cc1cc(-n2ccnc2)n2nc(C(F)(F)F)nc2n1. The summed E-state index contributed by atoms with van der Waals surface area (Å²) in [4.78, 5) is 11.2. The third-order valence-corrected chi connectivity index (χ3v) is 2.44. The van der Waals surface area contributed by atoms with E-state index in [0.717, 1.165) is 4.52 Å². The molecule has 6 nitrogen and oxygen atoms in total. The molecule has 0 N–H and O–H groups in total. The Morgan fingerprint density at radius 3 is 2.63 bits per heavy atom. The number of imidazole rings is 1. The summed E-state index contributed by atoms with van der Waals surface area (Å²) in [5, 5.41) is 3.45. The van der Waals surface area contributed by atoms with Crippen LogP contribution in [0.3, 0.4) is 0 Å². The molecule has 0 spiro atoms. The van der Waals surface area contributed by atoms with Crippen molar-refractivity contribution in [1.82, 2.24) is 29.1 Å². The van der Waals surface area contributed by atoms with E-state index in [-0.39, 0.29) is 5.78 Å². The number of hydrogen-bond donors (Lipinski definition) is 0. The Morgan fingerprint density at radius 1 is 1.21 bits per heavy atom. The Labute approximate surface area is 104 Å². The highest BCUT2D eigenvalue weighted by Crippen LogP contribution is 2.26. The maximum Gasteiger partial charge on any atom is 0.453 e. The van der Waals surface area contributed by atoms with Crippen molar-refractivity contribution in [2.45, 2.75) is 13.1 Å². The van der Waals surface area contributed by atoms with Gasteiger partial charge in [-0.3, -0.25) is 4.57 Å². The molecule has 19 heavy (non-hydrogen) atoms. The average molecular weight is 268 g/mol. The molecule has 0 saturated carbocycles. The normalized spacial score (nSPS) is 12.2. The van der Waals surface area contributed by atoms with Gasteiger partial charge in [0.05, 0.1) is 0 Å². The molecule has 0 aliphatic carbocycles. The second kappa shape index (κ2) is 3.77. The number of aryl methyl sites for hydroxylation is 1. The third kappa shape index (κ3) is 1.92. The molecule has 3 aromatic heterocycles. The number of fused-ring (bicyclic) bond motifs is 1. The molecular weight excluding hydrogens is 261 g/mol. The molecule has 0 saturated heterocycles. The molecule has 0 unspecified atom stereocenters. The van der Waals surface area contributed by atoms with Gasteiger partial charge in [0.1, 0.15) is 12.1 Å². The number of alkyl halides is 3. The Balaban J connectivity index is 2.30. The molecule has 9 heteroatoms. The minimum atomic E-state index is -4.60. The van der Waals surface area contributed by atoms with Gasteiger partial charge in [0, 0.05) is 24.2 Å². The molecule has 0 aliphatic rings. The smallest absolute Gasteiger partial charge is 0.290 e. The summed E-state index contributed by atoms with van der Waals surface area (Å²) in [6.45, 7) is 1.67. The monoisotopic (exact) mass is 268 g/mol. The van der Waals surface area contributed by atoms with E-state index in [2.05, 4.69) is 20.1 Å². The molecule has 0 radical (unpaired) electrons. The van der Waals surface area contributed by atoms with Crippen molar-refractivity contribution in [2.75, 3.05) is 0 Å². The Hall–Kier alpha value is -2.45. The topological polar surface area (TPSA) is 60.9 Å². The summed E-state index contributed by atoms with van der Waals surface area (Å²) in [6, 6.07) is 1.60. The first-order valence-corrected chi connectivity index (χ1v) is 5.25. The first-order valence-electron chi connectivity index (χ1n) is 5.25. The zero-order chi connectivity index (χ0) is 13.6. The van der Waals surface area contributed by atoms with Gasteiger partial charge in [-0.2, -0.15) is 22.7 Å². The van der Waals surface area contributed by atoms with Crippen LogP contribution in [-0.2, 0) is 6.18 Å². The van der Waals surface area contributed by atoms with Crippen LogP contribution < -0.4 is 0 Å². The zero-order valence-electron chi connectivity index (χ0n) is 9.63. The summed E-state index contributed by atoms with van der Waals surface area (Å²) in [5.74, 6) is -0.925. The quantitative estimate of drug-likeness (QED) is 0.673. The minimum Gasteiger partial charge on any atom is -0.290 e. The number of hydrogen-bond acceptors (Lipinski definition) is 4. The Kier molecular flexibility index (Phi) is 2.31. The van der Waals surface area contributed by atoms with E-state index < -0.39 is 12.0 Å². The van der Waals surface area contributed by atoms with Crippen LogP contribution in [0.5, 0.6) is 0 Å². The first-order chi connectivity index (χ1) is 8.95. The highest BCUT2D eigenvalue weighted by Gasteiger charge is 2.36. The summed E-state index contributed by atoms with van der Waals surface area (Å²) in [7, 11) is 0. The molecule has 3 heterocycles. The van der Waals surface area contributed by atoms with E-state index in [0.29, 0.717) is 11.5 Å². The summed E-state index contributed by atoms with van der Waals surface area (Å²) in [5.41, 5.74) is 0.539. The van der Waals surface area contributed by atoms with Crippen molar-refractivity contribution in [3.63, 3.8) is 0 Å². The van der Waals surface area contributed by atoms with Crippen LogP contribution in [0, 0.1) is 6.92 Å². The maximum absolute atomic E-state index is 12.6. The first kappa shape index (κ1) is 11.6. The van der Waals surface area contributed by atoms with Gasteiger partial charge in [-0.1, -0.05) is 0 Å². The second-order valence-electron chi connectivity index (χ2n) is 3.87. The Bertz CT molecular complexity index is 728. The van der Waals surface area contributed by atoms with Gasteiger partial charge in [-0.15, -0.1) is 5.10 Å². The minimum absolute atomic E-state index is 0.101. The number of halogens is 3. The van der Waals surface area contributed by atoms with Crippen molar-refractivity contribution in [3.8, 4) is 5.82 Å². The van der Waals surface area contributed by atoms with Crippen molar-refractivity contribution in [2.24, 2.45) is 0 Å². The molecule has 0 atom stereocenters. The lowest BCUT2D eigenvalue weighted by Crippen LogP contribution is -2.08. The molecule has 0 amide bonds. The standard InChI is InChI=1S/C10H7F3N6/c1-6-4-7(18-3-2-14-5-18)19-9(15-6)16-8(17-19)10(11,12)13/h2-5H,1H3. The third-order valence-electron chi connectivity index (χ3n) is 2.44. The highest BCUT2D eigenvalue weighted by molar-refractivity contribution is 5.38. The number of nitrogens with zero attached hydrogens (tertiary/aromatic N) is 6. The summed E-state index contributed by atoms with van der Waals surface area (Å²) < 4.78 is 40.4. The second-order valence-corrected chi connectivity index (χ2v) is 3.87. The van der Waals surface area contributed by atoms with E-state index in [1.165, 1.54) is 17.1 Å². The molecule has 98 valence electrons. The van der Waals surface area contributed by atoms with Crippen molar-refractivity contribution >= 4 is 5.78 Å². The molecule has 3 aromatic rings. The van der Waals surface area contributed by atoms with Gasteiger partial charge in [0.25, 0.3) is 11.6 Å². The van der Waals surface area contributed by atoms with Crippen LogP contribution in [-0.4, -0.2) is 29.1 Å². The maximum atomic E-state index is 12.6. The van der Waals surface area contributed by atoms with E-state index in [1.807, 2.05) is 0 Å². The lowest BCUT2D eigenvalue weighted by Gasteiger charge is -2.04. The van der Waals surface area contributed by atoms with E-state index in [4.69, 9.17) is 0 Å². The zero-order valence-corrected chi connectivity index (χ0v) is 9.63. The lowest BCUT2D eigenvalue weighted by molar-refractivity contribution is -0.144. The average Bonchev–Trinajstić information content (AvgIpc) is 2.95. The molecule has 0 aliphatic heterocycles. The molecule has 0 aromatic carbocycles. The number of aromatic nitrogens is 6. The van der Waals surface area contributed by atoms with Gasteiger partial charge in [0.2, 0.25) is 0 Å². The van der Waals surface area contributed by atoms with Crippen LogP contribution in [0.2, 0.25) is 0 Å². The van der Waals surface area contributed by atoms with Gasteiger partial charge in [-0.05, 0) is 6.92 Å². The number of rotatable bonds is 1. The van der Waals surface area contributed by atoms with Gasteiger partial charge < -0.3 is 0 Å². The fraction of sp³-hybridized carbons (Fsp3) is 0.200. The van der Waals surface area contributed by atoms with E-state index in [1.54, 1.807) is 19.2 Å². The Morgan fingerprint density at radius 2 is 2.00 bits per heavy atom. The molecule has 3 rings (SSSR count). The largest absolute Gasteiger partial charge is 0.453 e. The highest BCUT2D eigenvalue weighted by atomic mass is 19.4. The van der Waals surface area contributed by atoms with Crippen molar-refractivity contribution in [3.05, 3.63) is 36.3 Å². The van der Waals surface area contributed by atoms with Crippen LogP contribution in [0.25, 0.3) is 11.6 Å². The predicted octanol–water partition coefficient (Wildman–Crippen LogP) is 1.64. The van der Waals surface area contributed by atoms with Gasteiger partial charge >= 0.3 is 6.18 Å². The van der Waals surface area contributed by atoms with E-state index >= 15 is 0 Å². The van der Waals surface area contributed by atoms with Crippen LogP contribution in [0.1, 0.15) is 11.5 Å². The predicted molar refractivity (Wildman–Crippen MR) is 57.6 cm³/mol. The van der Waals surface area contributed by atoms with Crippen LogP contribution in [0.4, 0.5) is 13.2 Å². The molecule has 0 fully saturated rings. The molecular formula is C10H7F3N6. The summed E-state index contributed by atoms with van der Waals surface area (Å²) in [6.07, 6.45) is -0.0245. The van der Waals surface area contributed by atoms with E-state index in [9.17, 15) is 13.2 Å². The fourth-order valence-corrected chi connectivity index (χ4v) is 1.67. The van der Waals surface area contributed by atoms with Crippen molar-refractivity contribution in [1.29, 1.82) is 0 Å². The lowest BCUT2D eigenvalue weighted by atomic mass is 10.4.